The summed E-state index contributed by atoms with van der Waals surface area (Å²) in [5.41, 5.74) is 1.16. The van der Waals surface area contributed by atoms with Crippen molar-refractivity contribution in [1.82, 2.24) is 4.98 Å². The number of hydrogen-bond acceptors (Lipinski definition) is 3. The summed E-state index contributed by atoms with van der Waals surface area (Å²) in [4.78, 5) is 6.45. The summed E-state index contributed by atoms with van der Waals surface area (Å²) in [7, 11) is 4.03. The van der Waals surface area contributed by atoms with Crippen LogP contribution in [0.2, 0.25) is 0 Å². The average molecular weight is 233 g/mol. The van der Waals surface area contributed by atoms with Gasteiger partial charge in [-0.25, -0.2) is 4.98 Å². The number of pyridine rings is 1. The molecule has 2 rings (SSSR count). The molecule has 1 aromatic rings. The molecule has 0 amide bonds. The lowest BCUT2D eigenvalue weighted by Crippen LogP contribution is -2.18. The maximum absolute atomic E-state index is 4.43. The van der Waals surface area contributed by atoms with Gasteiger partial charge in [-0.3, -0.25) is 0 Å². The van der Waals surface area contributed by atoms with Crippen molar-refractivity contribution < 1.29 is 0 Å². The van der Waals surface area contributed by atoms with Gasteiger partial charge in [-0.1, -0.05) is 25.7 Å². The van der Waals surface area contributed by atoms with Crippen molar-refractivity contribution in [3.8, 4) is 0 Å². The molecule has 1 saturated carbocycles. The SMILES string of the molecule is CN(C)c1ccc(NC2CCCCCC2)cn1. The van der Waals surface area contributed by atoms with Crippen LogP contribution in [0.4, 0.5) is 11.5 Å². The van der Waals surface area contributed by atoms with E-state index < -0.39 is 0 Å². The molecule has 1 aliphatic rings. The molecule has 0 aliphatic heterocycles. The molecule has 0 spiro atoms. The largest absolute Gasteiger partial charge is 0.381 e. The first kappa shape index (κ1) is 12.2. The molecule has 0 saturated heterocycles. The minimum absolute atomic E-state index is 0.643. The minimum atomic E-state index is 0.643. The molecular formula is C14H23N3. The van der Waals surface area contributed by atoms with E-state index in [1.807, 2.05) is 25.2 Å². The molecule has 0 aromatic carbocycles. The van der Waals surface area contributed by atoms with Crippen LogP contribution in [0.3, 0.4) is 0 Å². The summed E-state index contributed by atoms with van der Waals surface area (Å²) in [6, 6.07) is 4.84. The van der Waals surface area contributed by atoms with Crippen molar-refractivity contribution in [2.45, 2.75) is 44.6 Å². The Bertz CT molecular complexity index is 324. The van der Waals surface area contributed by atoms with Crippen molar-refractivity contribution in [1.29, 1.82) is 0 Å². The van der Waals surface area contributed by atoms with Crippen molar-refractivity contribution in [2.75, 3.05) is 24.3 Å². The van der Waals surface area contributed by atoms with Crippen LogP contribution < -0.4 is 10.2 Å². The van der Waals surface area contributed by atoms with Gasteiger partial charge in [0.1, 0.15) is 5.82 Å². The van der Waals surface area contributed by atoms with Gasteiger partial charge in [0.05, 0.1) is 11.9 Å². The number of nitrogens with zero attached hydrogens (tertiary/aromatic N) is 2. The Morgan fingerprint density at radius 1 is 1.12 bits per heavy atom. The number of rotatable bonds is 3. The highest BCUT2D eigenvalue weighted by molar-refractivity contribution is 5.48. The Balaban J connectivity index is 1.93. The standard InChI is InChI=1S/C14H23N3/c1-17(2)14-10-9-13(11-15-14)16-12-7-5-3-4-6-8-12/h9-12,16H,3-8H2,1-2H3. The van der Waals surface area contributed by atoms with Gasteiger partial charge >= 0.3 is 0 Å². The van der Waals surface area contributed by atoms with Gasteiger partial charge in [-0.15, -0.1) is 0 Å². The number of nitrogens with one attached hydrogen (secondary N) is 1. The fourth-order valence-electron chi connectivity index (χ4n) is 2.40. The topological polar surface area (TPSA) is 28.2 Å². The Morgan fingerprint density at radius 3 is 2.35 bits per heavy atom. The fraction of sp³-hybridized carbons (Fsp3) is 0.643. The Labute approximate surface area is 104 Å². The van der Waals surface area contributed by atoms with E-state index in [-0.39, 0.29) is 0 Å². The lowest BCUT2D eigenvalue weighted by Gasteiger charge is -2.18. The van der Waals surface area contributed by atoms with E-state index in [0.29, 0.717) is 6.04 Å². The van der Waals surface area contributed by atoms with Gasteiger partial charge < -0.3 is 10.2 Å². The van der Waals surface area contributed by atoms with Crippen molar-refractivity contribution >= 4 is 11.5 Å². The molecule has 0 radical (unpaired) electrons. The highest BCUT2D eigenvalue weighted by Crippen LogP contribution is 2.21. The van der Waals surface area contributed by atoms with Gasteiger partial charge in [0, 0.05) is 20.1 Å². The first-order valence-corrected chi connectivity index (χ1v) is 6.65. The highest BCUT2D eigenvalue weighted by atomic mass is 15.1. The molecule has 1 aromatic heterocycles. The third kappa shape index (κ3) is 3.62. The number of anilines is 2. The van der Waals surface area contributed by atoms with Crippen LogP contribution in [0.15, 0.2) is 18.3 Å². The van der Waals surface area contributed by atoms with Gasteiger partial charge in [0.25, 0.3) is 0 Å². The fourth-order valence-corrected chi connectivity index (χ4v) is 2.40. The summed E-state index contributed by atoms with van der Waals surface area (Å²) in [5, 5.41) is 3.61. The van der Waals surface area contributed by atoms with Gasteiger partial charge in [0.2, 0.25) is 0 Å². The van der Waals surface area contributed by atoms with E-state index >= 15 is 0 Å². The molecule has 1 fully saturated rings. The summed E-state index contributed by atoms with van der Waals surface area (Å²) in [5.74, 6) is 1.01. The molecule has 0 bridgehead atoms. The lowest BCUT2D eigenvalue weighted by molar-refractivity contribution is 0.620. The van der Waals surface area contributed by atoms with E-state index in [1.54, 1.807) is 0 Å². The zero-order chi connectivity index (χ0) is 12.1. The zero-order valence-corrected chi connectivity index (χ0v) is 10.9. The van der Waals surface area contributed by atoms with E-state index in [2.05, 4.69) is 22.4 Å². The summed E-state index contributed by atoms with van der Waals surface area (Å²) in [6.45, 7) is 0. The molecule has 1 N–H and O–H groups in total. The van der Waals surface area contributed by atoms with Crippen LogP contribution in [-0.2, 0) is 0 Å². The third-order valence-electron chi connectivity index (χ3n) is 3.43. The van der Waals surface area contributed by atoms with Crippen LogP contribution in [0.25, 0.3) is 0 Å². The minimum Gasteiger partial charge on any atom is -0.381 e. The van der Waals surface area contributed by atoms with Gasteiger partial charge in [-0.2, -0.15) is 0 Å². The molecule has 1 heterocycles. The molecule has 0 atom stereocenters. The van der Waals surface area contributed by atoms with Crippen molar-refractivity contribution in [2.24, 2.45) is 0 Å². The second kappa shape index (κ2) is 5.89. The van der Waals surface area contributed by atoms with E-state index in [0.717, 1.165) is 11.5 Å². The summed E-state index contributed by atoms with van der Waals surface area (Å²) >= 11 is 0. The van der Waals surface area contributed by atoms with Crippen LogP contribution in [0.5, 0.6) is 0 Å². The molecule has 0 unspecified atom stereocenters. The summed E-state index contributed by atoms with van der Waals surface area (Å²) in [6.07, 6.45) is 10.1. The van der Waals surface area contributed by atoms with Crippen LogP contribution in [0, 0.1) is 0 Å². The zero-order valence-electron chi connectivity index (χ0n) is 10.9. The lowest BCUT2D eigenvalue weighted by atomic mass is 10.1. The molecule has 3 nitrogen and oxygen atoms in total. The first-order valence-electron chi connectivity index (χ1n) is 6.65. The van der Waals surface area contributed by atoms with Crippen LogP contribution >= 0.6 is 0 Å². The summed E-state index contributed by atoms with van der Waals surface area (Å²) < 4.78 is 0. The third-order valence-corrected chi connectivity index (χ3v) is 3.43. The predicted molar refractivity (Wildman–Crippen MR) is 73.7 cm³/mol. The maximum atomic E-state index is 4.43. The highest BCUT2D eigenvalue weighted by Gasteiger charge is 2.11. The Hall–Kier alpha value is -1.25. The van der Waals surface area contributed by atoms with Crippen molar-refractivity contribution in [3.63, 3.8) is 0 Å². The van der Waals surface area contributed by atoms with Gasteiger partial charge in [0.15, 0.2) is 0 Å². The van der Waals surface area contributed by atoms with E-state index in [1.165, 1.54) is 38.5 Å². The molecule has 17 heavy (non-hydrogen) atoms. The van der Waals surface area contributed by atoms with Crippen molar-refractivity contribution in [3.05, 3.63) is 18.3 Å². The van der Waals surface area contributed by atoms with Gasteiger partial charge in [-0.05, 0) is 25.0 Å². The van der Waals surface area contributed by atoms with E-state index in [4.69, 9.17) is 0 Å². The quantitative estimate of drug-likeness (QED) is 0.812. The monoisotopic (exact) mass is 233 g/mol. The second-order valence-electron chi connectivity index (χ2n) is 5.13. The Kier molecular flexibility index (Phi) is 4.24. The van der Waals surface area contributed by atoms with Crippen LogP contribution in [0.1, 0.15) is 38.5 Å². The molecule has 3 heteroatoms. The second-order valence-corrected chi connectivity index (χ2v) is 5.13. The smallest absolute Gasteiger partial charge is 0.128 e. The maximum Gasteiger partial charge on any atom is 0.128 e. The normalized spacial score (nSPS) is 17.5. The first-order chi connectivity index (χ1) is 8.25. The molecular weight excluding hydrogens is 210 g/mol. The molecule has 94 valence electrons. The molecule has 1 aliphatic carbocycles. The average Bonchev–Trinajstić information content (AvgIpc) is 2.58. The van der Waals surface area contributed by atoms with E-state index in [9.17, 15) is 0 Å². The van der Waals surface area contributed by atoms with Crippen LogP contribution in [-0.4, -0.2) is 25.1 Å². The predicted octanol–water partition coefficient (Wildman–Crippen LogP) is 3.28. The number of aromatic nitrogens is 1. The Morgan fingerprint density at radius 2 is 1.82 bits per heavy atom. The number of hydrogen-bond donors (Lipinski definition) is 1.